The summed E-state index contributed by atoms with van der Waals surface area (Å²) in [5.74, 6) is -0.00662. The smallest absolute Gasteiger partial charge is 0.415 e. The van der Waals surface area contributed by atoms with Crippen LogP contribution in [0, 0.1) is 5.92 Å². The molecular formula is C8H13NO3. The van der Waals surface area contributed by atoms with Gasteiger partial charge in [-0.3, -0.25) is 10.1 Å². The van der Waals surface area contributed by atoms with Crippen LogP contribution in [0.4, 0.5) is 4.79 Å². The number of rotatable bonds is 2. The first kappa shape index (κ1) is 9.03. The van der Waals surface area contributed by atoms with Gasteiger partial charge in [-0.1, -0.05) is 13.8 Å². The number of ether oxygens (including phenoxy) is 1. The maximum absolute atomic E-state index is 11.2. The van der Waals surface area contributed by atoms with Gasteiger partial charge in [0.1, 0.15) is 0 Å². The van der Waals surface area contributed by atoms with Crippen LogP contribution in [-0.2, 0) is 9.53 Å². The van der Waals surface area contributed by atoms with Gasteiger partial charge in [-0.25, -0.2) is 4.79 Å². The van der Waals surface area contributed by atoms with E-state index in [4.69, 9.17) is 4.74 Å². The molecule has 1 aliphatic heterocycles. The predicted molar refractivity (Wildman–Crippen MR) is 42.5 cm³/mol. The first-order valence-corrected chi connectivity index (χ1v) is 3.98. The Kier molecular flexibility index (Phi) is 2.08. The normalized spacial score (nSPS) is 29.0. The molecule has 12 heavy (non-hydrogen) atoms. The summed E-state index contributed by atoms with van der Waals surface area (Å²) < 4.78 is 4.87. The number of amides is 2. The first-order valence-electron chi connectivity index (χ1n) is 3.98. The summed E-state index contributed by atoms with van der Waals surface area (Å²) in [6.45, 7) is 5.59. The largest absolute Gasteiger partial charge is 0.433 e. The first-order chi connectivity index (χ1) is 5.44. The second-order valence-corrected chi connectivity index (χ2v) is 3.67. The third-order valence-corrected chi connectivity index (χ3v) is 1.81. The molecule has 0 radical (unpaired) electrons. The third-order valence-electron chi connectivity index (χ3n) is 1.81. The Morgan fingerprint density at radius 1 is 1.50 bits per heavy atom. The van der Waals surface area contributed by atoms with Crippen molar-refractivity contribution in [2.24, 2.45) is 5.92 Å². The van der Waals surface area contributed by atoms with E-state index in [1.54, 1.807) is 6.92 Å². The van der Waals surface area contributed by atoms with Crippen LogP contribution >= 0.6 is 0 Å². The molecule has 0 aromatic heterocycles. The molecule has 4 heteroatoms. The average molecular weight is 171 g/mol. The van der Waals surface area contributed by atoms with Gasteiger partial charge in [0, 0.05) is 0 Å². The molecule has 1 aliphatic rings. The number of alkyl carbamates (subject to hydrolysis) is 1. The SMILES string of the molecule is CC(C)CC1(C)OC(=O)NC1=O. The minimum atomic E-state index is -0.953. The highest BCUT2D eigenvalue weighted by molar-refractivity contribution is 6.02. The molecule has 1 heterocycles. The van der Waals surface area contributed by atoms with Gasteiger partial charge >= 0.3 is 6.09 Å². The van der Waals surface area contributed by atoms with Crippen molar-refractivity contribution in [2.75, 3.05) is 0 Å². The molecule has 1 rings (SSSR count). The van der Waals surface area contributed by atoms with Crippen molar-refractivity contribution in [3.63, 3.8) is 0 Å². The van der Waals surface area contributed by atoms with Crippen LogP contribution in [0.25, 0.3) is 0 Å². The van der Waals surface area contributed by atoms with Crippen molar-refractivity contribution < 1.29 is 14.3 Å². The van der Waals surface area contributed by atoms with Crippen LogP contribution in [0.5, 0.6) is 0 Å². The lowest BCUT2D eigenvalue weighted by Crippen LogP contribution is -2.37. The van der Waals surface area contributed by atoms with E-state index in [0.717, 1.165) is 0 Å². The van der Waals surface area contributed by atoms with Crippen molar-refractivity contribution in [3.8, 4) is 0 Å². The molecule has 4 nitrogen and oxygen atoms in total. The Morgan fingerprint density at radius 2 is 2.08 bits per heavy atom. The van der Waals surface area contributed by atoms with Gasteiger partial charge in [0.25, 0.3) is 5.91 Å². The predicted octanol–water partition coefficient (Wildman–Crippen LogP) is 1.06. The van der Waals surface area contributed by atoms with Crippen LogP contribution in [0.3, 0.4) is 0 Å². The Bertz CT molecular complexity index is 224. The zero-order valence-electron chi connectivity index (χ0n) is 7.51. The Labute approximate surface area is 71.3 Å². The number of carbonyl (C=O) groups is 2. The Hall–Kier alpha value is -1.06. The molecule has 0 aromatic rings. The number of nitrogens with one attached hydrogen (secondary N) is 1. The summed E-state index contributed by atoms with van der Waals surface area (Å²) in [4.78, 5) is 21.9. The van der Waals surface area contributed by atoms with E-state index in [0.29, 0.717) is 12.3 Å². The second-order valence-electron chi connectivity index (χ2n) is 3.67. The van der Waals surface area contributed by atoms with Crippen LogP contribution in [-0.4, -0.2) is 17.6 Å². The fourth-order valence-electron chi connectivity index (χ4n) is 1.41. The zero-order chi connectivity index (χ0) is 9.35. The van der Waals surface area contributed by atoms with Crippen molar-refractivity contribution >= 4 is 12.0 Å². The molecule has 1 fully saturated rings. The number of imide groups is 1. The molecule has 1 unspecified atom stereocenters. The highest BCUT2D eigenvalue weighted by Crippen LogP contribution is 2.24. The Balaban J connectivity index is 2.71. The maximum atomic E-state index is 11.2. The highest BCUT2D eigenvalue weighted by atomic mass is 16.6. The Morgan fingerprint density at radius 3 is 2.42 bits per heavy atom. The molecule has 0 bridgehead atoms. The number of carbonyl (C=O) groups excluding carboxylic acids is 2. The van der Waals surface area contributed by atoms with Crippen molar-refractivity contribution in [1.82, 2.24) is 5.32 Å². The topological polar surface area (TPSA) is 55.4 Å². The summed E-state index contributed by atoms with van der Waals surface area (Å²) in [6, 6.07) is 0. The van der Waals surface area contributed by atoms with Crippen molar-refractivity contribution in [1.29, 1.82) is 0 Å². The van der Waals surface area contributed by atoms with Gasteiger partial charge in [-0.05, 0) is 19.3 Å². The molecule has 0 spiro atoms. The van der Waals surface area contributed by atoms with Crippen molar-refractivity contribution in [3.05, 3.63) is 0 Å². The molecule has 0 aromatic carbocycles. The van der Waals surface area contributed by atoms with E-state index in [1.807, 2.05) is 13.8 Å². The second kappa shape index (κ2) is 2.77. The molecule has 0 saturated carbocycles. The van der Waals surface area contributed by atoms with Gasteiger partial charge in [0.2, 0.25) is 0 Å². The van der Waals surface area contributed by atoms with Crippen LogP contribution in [0.15, 0.2) is 0 Å². The molecule has 68 valence electrons. The quantitative estimate of drug-likeness (QED) is 0.675. The highest BCUT2D eigenvalue weighted by Gasteiger charge is 2.44. The fraction of sp³-hybridized carbons (Fsp3) is 0.750. The summed E-state index contributed by atoms with van der Waals surface area (Å²) >= 11 is 0. The van der Waals surface area contributed by atoms with E-state index in [1.165, 1.54) is 0 Å². The van der Waals surface area contributed by atoms with Crippen LogP contribution in [0.1, 0.15) is 27.2 Å². The lowest BCUT2D eigenvalue weighted by molar-refractivity contribution is -0.131. The molecule has 2 amide bonds. The van der Waals surface area contributed by atoms with E-state index in [9.17, 15) is 9.59 Å². The van der Waals surface area contributed by atoms with Gasteiger partial charge in [0.15, 0.2) is 5.60 Å². The monoisotopic (exact) mass is 171 g/mol. The third kappa shape index (κ3) is 1.57. The number of hydrogen-bond donors (Lipinski definition) is 1. The van der Waals surface area contributed by atoms with Gasteiger partial charge in [-0.2, -0.15) is 0 Å². The van der Waals surface area contributed by atoms with E-state index >= 15 is 0 Å². The molecule has 0 aliphatic carbocycles. The van der Waals surface area contributed by atoms with Crippen LogP contribution in [0.2, 0.25) is 0 Å². The molecule has 1 saturated heterocycles. The minimum absolute atomic E-state index is 0.326. The number of hydrogen-bond acceptors (Lipinski definition) is 3. The average Bonchev–Trinajstić information content (AvgIpc) is 2.04. The number of cyclic esters (lactones) is 1. The fourth-order valence-corrected chi connectivity index (χ4v) is 1.41. The van der Waals surface area contributed by atoms with E-state index < -0.39 is 11.7 Å². The summed E-state index contributed by atoms with van der Waals surface area (Å²) in [7, 11) is 0. The van der Waals surface area contributed by atoms with Crippen molar-refractivity contribution in [2.45, 2.75) is 32.8 Å². The summed E-state index contributed by atoms with van der Waals surface area (Å²) in [5, 5.41) is 2.11. The molecule has 1 N–H and O–H groups in total. The van der Waals surface area contributed by atoms with Gasteiger partial charge in [0.05, 0.1) is 0 Å². The lowest BCUT2D eigenvalue weighted by Gasteiger charge is -2.20. The van der Waals surface area contributed by atoms with Gasteiger partial charge < -0.3 is 4.74 Å². The maximum Gasteiger partial charge on any atom is 0.415 e. The van der Waals surface area contributed by atoms with Crippen LogP contribution < -0.4 is 5.32 Å². The minimum Gasteiger partial charge on any atom is -0.433 e. The molecular weight excluding hydrogens is 158 g/mol. The van der Waals surface area contributed by atoms with E-state index in [2.05, 4.69) is 5.32 Å². The van der Waals surface area contributed by atoms with Gasteiger partial charge in [-0.15, -0.1) is 0 Å². The summed E-state index contributed by atoms with van der Waals surface area (Å²) in [6.07, 6.45) is -0.0759. The summed E-state index contributed by atoms with van der Waals surface area (Å²) in [5.41, 5.74) is -0.953. The van der Waals surface area contributed by atoms with E-state index in [-0.39, 0.29) is 5.91 Å². The lowest BCUT2D eigenvalue weighted by atomic mass is 9.94. The molecule has 1 atom stereocenters. The zero-order valence-corrected chi connectivity index (χ0v) is 7.51. The standard InChI is InChI=1S/C8H13NO3/c1-5(2)4-8(3)6(10)9-7(11)12-8/h5H,4H2,1-3H3,(H,9,10,11).